The van der Waals surface area contributed by atoms with E-state index in [0.29, 0.717) is 19.0 Å². The second-order valence-electron chi connectivity index (χ2n) is 5.53. The van der Waals surface area contributed by atoms with Crippen molar-refractivity contribution in [2.75, 3.05) is 32.1 Å². The van der Waals surface area contributed by atoms with Gasteiger partial charge in [0.1, 0.15) is 35.1 Å². The minimum Gasteiger partial charge on any atom is -0.497 e. The number of hydrogen-bond donors (Lipinski definition) is 2. The van der Waals surface area contributed by atoms with Gasteiger partial charge in [-0.3, -0.25) is 4.79 Å². The summed E-state index contributed by atoms with van der Waals surface area (Å²) in [6.07, 6.45) is 1.50. The summed E-state index contributed by atoms with van der Waals surface area (Å²) in [6, 6.07) is 9.32. The number of rotatable bonds is 8. The smallest absolute Gasteiger partial charge is 0.239 e. The van der Waals surface area contributed by atoms with Crippen molar-refractivity contribution in [1.29, 1.82) is 0 Å². The molecule has 0 aliphatic carbocycles. The fourth-order valence-corrected chi connectivity index (χ4v) is 3.22. The van der Waals surface area contributed by atoms with Gasteiger partial charge in [-0.1, -0.05) is 0 Å². The van der Waals surface area contributed by atoms with E-state index in [9.17, 15) is 4.79 Å². The van der Waals surface area contributed by atoms with Crippen molar-refractivity contribution in [3.8, 4) is 11.5 Å². The number of nitrogens with one attached hydrogen (secondary N) is 2. The molecule has 1 aromatic carbocycles. The van der Waals surface area contributed by atoms with Crippen LogP contribution in [0.3, 0.4) is 0 Å². The Morgan fingerprint density at radius 2 is 1.96 bits per heavy atom. The van der Waals surface area contributed by atoms with Gasteiger partial charge < -0.3 is 20.1 Å². The predicted octanol–water partition coefficient (Wildman–Crippen LogP) is 2.62. The van der Waals surface area contributed by atoms with E-state index in [1.807, 2.05) is 37.3 Å². The van der Waals surface area contributed by atoms with E-state index in [1.165, 1.54) is 6.33 Å². The Labute approximate surface area is 155 Å². The Bertz CT molecular complexity index is 880. The van der Waals surface area contributed by atoms with Crippen molar-refractivity contribution in [1.82, 2.24) is 15.3 Å². The third kappa shape index (κ3) is 4.60. The summed E-state index contributed by atoms with van der Waals surface area (Å²) in [5.74, 6) is 2.05. The summed E-state index contributed by atoms with van der Waals surface area (Å²) in [6.45, 7) is 2.97. The average Bonchev–Trinajstić information content (AvgIpc) is 3.04. The molecule has 2 aromatic heterocycles. The van der Waals surface area contributed by atoms with E-state index in [1.54, 1.807) is 18.4 Å². The molecule has 3 rings (SSSR count). The highest BCUT2D eigenvalue weighted by Gasteiger charge is 2.08. The van der Waals surface area contributed by atoms with Crippen molar-refractivity contribution in [2.45, 2.75) is 6.92 Å². The number of hydrogen-bond acceptors (Lipinski definition) is 7. The first-order valence-corrected chi connectivity index (χ1v) is 8.96. The zero-order valence-electron chi connectivity index (χ0n) is 14.6. The van der Waals surface area contributed by atoms with Crippen LogP contribution in [0.25, 0.3) is 10.2 Å². The first kappa shape index (κ1) is 17.9. The average molecular weight is 372 g/mol. The van der Waals surface area contributed by atoms with Gasteiger partial charge in [0.05, 0.1) is 25.6 Å². The number of nitrogens with zero attached hydrogens (tertiary/aromatic N) is 2. The summed E-state index contributed by atoms with van der Waals surface area (Å²) >= 11 is 1.60. The van der Waals surface area contributed by atoms with Crippen LogP contribution >= 0.6 is 11.3 Å². The molecule has 3 aromatic rings. The lowest BCUT2D eigenvalue weighted by molar-refractivity contribution is -0.119. The van der Waals surface area contributed by atoms with E-state index >= 15 is 0 Å². The fourth-order valence-electron chi connectivity index (χ4n) is 2.37. The third-order valence-electron chi connectivity index (χ3n) is 3.62. The molecule has 2 N–H and O–H groups in total. The molecule has 0 aliphatic heterocycles. The number of carbonyl (C=O) groups excluding carboxylic acids is 1. The largest absolute Gasteiger partial charge is 0.497 e. The summed E-state index contributed by atoms with van der Waals surface area (Å²) in [4.78, 5) is 22.5. The lowest BCUT2D eigenvalue weighted by Gasteiger charge is -2.09. The standard InChI is InChI=1S/C18H20N4O3S/c1-12-9-15-17(21-11-22-18(15)26-12)20-10-16(23)19-7-8-25-14-5-3-13(24-2)4-6-14/h3-6,9,11H,7-8,10H2,1-2H3,(H,19,23)(H,20,21,22). The minimum absolute atomic E-state index is 0.123. The first-order chi connectivity index (χ1) is 12.7. The Morgan fingerprint density at radius 3 is 2.73 bits per heavy atom. The second-order valence-corrected chi connectivity index (χ2v) is 6.76. The molecule has 0 saturated carbocycles. The maximum atomic E-state index is 12.0. The first-order valence-electron chi connectivity index (χ1n) is 8.14. The highest BCUT2D eigenvalue weighted by Crippen LogP contribution is 2.27. The molecule has 136 valence electrons. The van der Waals surface area contributed by atoms with Gasteiger partial charge in [-0.05, 0) is 37.3 Å². The normalized spacial score (nSPS) is 10.5. The lowest BCUT2D eigenvalue weighted by Crippen LogP contribution is -2.33. The van der Waals surface area contributed by atoms with Crippen molar-refractivity contribution in [2.24, 2.45) is 0 Å². The van der Waals surface area contributed by atoms with E-state index in [2.05, 4.69) is 20.6 Å². The maximum absolute atomic E-state index is 12.0. The number of fused-ring (bicyclic) bond motifs is 1. The number of amides is 1. The number of ether oxygens (including phenoxy) is 2. The zero-order chi connectivity index (χ0) is 18.4. The van der Waals surface area contributed by atoms with Gasteiger partial charge in [-0.15, -0.1) is 11.3 Å². The summed E-state index contributed by atoms with van der Waals surface area (Å²) in [5.41, 5.74) is 0. The van der Waals surface area contributed by atoms with Crippen molar-refractivity contribution >= 4 is 33.3 Å². The molecule has 7 nitrogen and oxygen atoms in total. The lowest BCUT2D eigenvalue weighted by atomic mass is 10.3. The molecule has 0 unspecified atom stereocenters. The van der Waals surface area contributed by atoms with Gasteiger partial charge in [0, 0.05) is 4.88 Å². The third-order valence-corrected chi connectivity index (χ3v) is 4.58. The van der Waals surface area contributed by atoms with E-state index in [4.69, 9.17) is 9.47 Å². The molecule has 1 amide bonds. The Morgan fingerprint density at radius 1 is 1.19 bits per heavy atom. The molecule has 0 radical (unpaired) electrons. The summed E-state index contributed by atoms with van der Waals surface area (Å²) in [7, 11) is 1.62. The molecule has 0 fully saturated rings. The van der Waals surface area contributed by atoms with Crippen molar-refractivity contribution in [3.05, 3.63) is 41.5 Å². The van der Waals surface area contributed by atoms with Crippen LogP contribution in [-0.2, 0) is 4.79 Å². The Hall–Kier alpha value is -2.87. The molecule has 8 heteroatoms. The molecule has 0 aliphatic rings. The monoisotopic (exact) mass is 372 g/mol. The van der Waals surface area contributed by atoms with Gasteiger partial charge in [-0.25, -0.2) is 9.97 Å². The predicted molar refractivity (Wildman–Crippen MR) is 102 cm³/mol. The van der Waals surface area contributed by atoms with Crippen LogP contribution in [0.4, 0.5) is 5.82 Å². The molecule has 0 bridgehead atoms. The van der Waals surface area contributed by atoms with Gasteiger partial charge in [0.25, 0.3) is 0 Å². The van der Waals surface area contributed by atoms with E-state index in [-0.39, 0.29) is 12.5 Å². The molecule has 0 spiro atoms. The number of aromatic nitrogens is 2. The van der Waals surface area contributed by atoms with E-state index < -0.39 is 0 Å². The topological polar surface area (TPSA) is 85.4 Å². The number of aryl methyl sites for hydroxylation is 1. The van der Waals surface area contributed by atoms with Gasteiger partial charge in [0.15, 0.2) is 0 Å². The molecule has 0 atom stereocenters. The van der Waals surface area contributed by atoms with Crippen LogP contribution in [-0.4, -0.2) is 42.7 Å². The summed E-state index contributed by atoms with van der Waals surface area (Å²) < 4.78 is 10.7. The van der Waals surface area contributed by atoms with Crippen molar-refractivity contribution in [3.63, 3.8) is 0 Å². The molecule has 2 heterocycles. The van der Waals surface area contributed by atoms with Crippen LogP contribution in [0, 0.1) is 6.92 Å². The van der Waals surface area contributed by atoms with Crippen LogP contribution in [0.1, 0.15) is 4.88 Å². The number of benzene rings is 1. The zero-order valence-corrected chi connectivity index (χ0v) is 15.4. The maximum Gasteiger partial charge on any atom is 0.239 e. The molecular formula is C18H20N4O3S. The Balaban J connectivity index is 1.41. The Kier molecular flexibility index (Phi) is 5.85. The SMILES string of the molecule is COc1ccc(OCCNC(=O)CNc2ncnc3sc(C)cc23)cc1. The van der Waals surface area contributed by atoms with Crippen LogP contribution in [0.15, 0.2) is 36.7 Å². The van der Waals surface area contributed by atoms with Gasteiger partial charge in [0.2, 0.25) is 5.91 Å². The quantitative estimate of drug-likeness (QED) is 0.591. The van der Waals surface area contributed by atoms with Crippen LogP contribution < -0.4 is 20.1 Å². The van der Waals surface area contributed by atoms with E-state index in [0.717, 1.165) is 26.6 Å². The van der Waals surface area contributed by atoms with Crippen LogP contribution in [0.5, 0.6) is 11.5 Å². The molecular weight excluding hydrogens is 352 g/mol. The minimum atomic E-state index is -0.123. The number of methoxy groups -OCH3 is 1. The number of thiophene rings is 1. The van der Waals surface area contributed by atoms with Gasteiger partial charge >= 0.3 is 0 Å². The van der Waals surface area contributed by atoms with Crippen molar-refractivity contribution < 1.29 is 14.3 Å². The number of carbonyl (C=O) groups is 1. The number of anilines is 1. The highest BCUT2D eigenvalue weighted by atomic mass is 32.1. The fraction of sp³-hybridized carbons (Fsp3) is 0.278. The second kappa shape index (κ2) is 8.48. The van der Waals surface area contributed by atoms with Gasteiger partial charge in [-0.2, -0.15) is 0 Å². The van der Waals surface area contributed by atoms with Crippen LogP contribution in [0.2, 0.25) is 0 Å². The highest BCUT2D eigenvalue weighted by molar-refractivity contribution is 7.18. The molecule has 0 saturated heterocycles. The molecule has 26 heavy (non-hydrogen) atoms. The summed E-state index contributed by atoms with van der Waals surface area (Å²) in [5, 5.41) is 6.80.